The molecule has 0 spiro atoms. The van der Waals surface area contributed by atoms with Gasteiger partial charge in [0.2, 0.25) is 0 Å². The predicted molar refractivity (Wildman–Crippen MR) is 106 cm³/mol. The molecule has 3 heterocycles. The summed E-state index contributed by atoms with van der Waals surface area (Å²) in [6, 6.07) is 14.6. The number of rotatable bonds is 2. The minimum atomic E-state index is -0.0675. The molecule has 0 saturated carbocycles. The molecule has 1 saturated heterocycles. The SMILES string of the molecule is CN1Cc2c(ccc(N3CCOCC3)c2F)C(c2cc3ccccc3[nH]2)C1. The van der Waals surface area contributed by atoms with Gasteiger partial charge in [-0.05, 0) is 36.2 Å². The summed E-state index contributed by atoms with van der Waals surface area (Å²) in [6.45, 7) is 4.35. The van der Waals surface area contributed by atoms with E-state index in [1.54, 1.807) is 0 Å². The first-order valence-electron chi connectivity index (χ1n) is 9.61. The van der Waals surface area contributed by atoms with Gasteiger partial charge in [-0.1, -0.05) is 24.3 Å². The first-order chi connectivity index (χ1) is 13.2. The highest BCUT2D eigenvalue weighted by molar-refractivity contribution is 5.80. The molecule has 0 aliphatic carbocycles. The van der Waals surface area contributed by atoms with Crippen LogP contribution < -0.4 is 4.90 Å². The van der Waals surface area contributed by atoms with Crippen molar-refractivity contribution >= 4 is 16.6 Å². The monoisotopic (exact) mass is 365 g/mol. The number of anilines is 1. The maximum Gasteiger partial charge on any atom is 0.151 e. The number of para-hydroxylation sites is 1. The average molecular weight is 365 g/mol. The molecule has 1 aromatic heterocycles. The summed E-state index contributed by atoms with van der Waals surface area (Å²) < 4.78 is 20.9. The van der Waals surface area contributed by atoms with E-state index in [4.69, 9.17) is 4.74 Å². The van der Waals surface area contributed by atoms with Crippen molar-refractivity contribution < 1.29 is 9.13 Å². The van der Waals surface area contributed by atoms with Gasteiger partial charge in [-0.15, -0.1) is 0 Å². The van der Waals surface area contributed by atoms with Crippen molar-refractivity contribution in [2.45, 2.75) is 12.5 Å². The third-order valence-electron chi connectivity index (χ3n) is 5.83. The van der Waals surface area contributed by atoms with Crippen LogP contribution in [-0.2, 0) is 11.3 Å². The van der Waals surface area contributed by atoms with Gasteiger partial charge in [0, 0.05) is 48.9 Å². The number of morpholine rings is 1. The molecular formula is C22H24FN3O. The lowest BCUT2D eigenvalue weighted by Crippen LogP contribution is -2.38. The molecule has 0 radical (unpaired) electrons. The number of nitrogens with zero attached hydrogens (tertiary/aromatic N) is 2. The van der Waals surface area contributed by atoms with Gasteiger partial charge in [-0.2, -0.15) is 0 Å². The molecule has 0 amide bonds. The molecule has 5 heteroatoms. The van der Waals surface area contributed by atoms with Gasteiger partial charge in [0.05, 0.1) is 18.9 Å². The highest BCUT2D eigenvalue weighted by Gasteiger charge is 2.30. The molecule has 1 atom stereocenters. The van der Waals surface area contributed by atoms with Crippen LogP contribution in [0.3, 0.4) is 0 Å². The Morgan fingerprint density at radius 2 is 1.93 bits per heavy atom. The van der Waals surface area contributed by atoms with Crippen LogP contribution in [0.1, 0.15) is 22.7 Å². The standard InChI is InChI=1S/C22H24FN3O/c1-25-13-17(20-12-15-4-2-3-5-19(15)24-20)16-6-7-21(22(23)18(16)14-25)26-8-10-27-11-9-26/h2-7,12,17,24H,8-11,13-14H2,1H3. The number of fused-ring (bicyclic) bond motifs is 2. The number of hydrogen-bond acceptors (Lipinski definition) is 3. The van der Waals surface area contributed by atoms with Crippen LogP contribution in [0.2, 0.25) is 0 Å². The highest BCUT2D eigenvalue weighted by Crippen LogP contribution is 2.38. The number of likely N-dealkylation sites (N-methyl/N-ethyl adjacent to an activating group) is 1. The summed E-state index contributed by atoms with van der Waals surface area (Å²) in [4.78, 5) is 7.86. The molecular weight excluding hydrogens is 341 g/mol. The molecule has 1 unspecified atom stereocenters. The molecule has 140 valence electrons. The van der Waals surface area contributed by atoms with Crippen molar-refractivity contribution in [2.24, 2.45) is 0 Å². The Balaban J connectivity index is 1.57. The number of aromatic amines is 1. The van der Waals surface area contributed by atoms with Gasteiger partial charge in [-0.25, -0.2) is 4.39 Å². The first kappa shape index (κ1) is 16.8. The third-order valence-corrected chi connectivity index (χ3v) is 5.83. The van der Waals surface area contributed by atoms with Crippen molar-refractivity contribution in [1.82, 2.24) is 9.88 Å². The first-order valence-corrected chi connectivity index (χ1v) is 9.61. The van der Waals surface area contributed by atoms with Crippen molar-refractivity contribution in [3.05, 3.63) is 65.1 Å². The normalized spacial score (nSPS) is 20.8. The average Bonchev–Trinajstić information content (AvgIpc) is 3.13. The summed E-state index contributed by atoms with van der Waals surface area (Å²) in [6.07, 6.45) is 0. The smallest absolute Gasteiger partial charge is 0.151 e. The molecule has 3 aromatic rings. The number of nitrogens with one attached hydrogen (secondary N) is 1. The zero-order valence-corrected chi connectivity index (χ0v) is 15.5. The quantitative estimate of drug-likeness (QED) is 0.751. The molecule has 1 N–H and O–H groups in total. The van der Waals surface area contributed by atoms with E-state index < -0.39 is 0 Å². The second-order valence-electron chi connectivity index (χ2n) is 7.63. The fourth-order valence-corrected chi connectivity index (χ4v) is 4.45. The largest absolute Gasteiger partial charge is 0.378 e. The van der Waals surface area contributed by atoms with Crippen LogP contribution in [0.4, 0.5) is 10.1 Å². The van der Waals surface area contributed by atoms with E-state index in [9.17, 15) is 0 Å². The van der Waals surface area contributed by atoms with E-state index >= 15 is 4.39 Å². The van der Waals surface area contributed by atoms with E-state index in [0.29, 0.717) is 25.4 Å². The number of aromatic nitrogens is 1. The summed E-state index contributed by atoms with van der Waals surface area (Å²) in [7, 11) is 2.07. The number of H-pyrrole nitrogens is 1. The molecule has 1 fully saturated rings. The van der Waals surface area contributed by atoms with Gasteiger partial charge in [0.1, 0.15) is 0 Å². The molecule has 0 bridgehead atoms. The molecule has 2 aliphatic rings. The summed E-state index contributed by atoms with van der Waals surface area (Å²) in [5, 5.41) is 1.20. The Labute approximate surface area is 158 Å². The Morgan fingerprint density at radius 3 is 2.74 bits per heavy atom. The van der Waals surface area contributed by atoms with Crippen LogP contribution in [0.5, 0.6) is 0 Å². The number of halogens is 1. The number of hydrogen-bond donors (Lipinski definition) is 1. The summed E-state index contributed by atoms with van der Waals surface area (Å²) in [5.74, 6) is 0.0847. The van der Waals surface area contributed by atoms with E-state index in [0.717, 1.165) is 42.0 Å². The van der Waals surface area contributed by atoms with Crippen molar-refractivity contribution in [1.29, 1.82) is 0 Å². The van der Waals surface area contributed by atoms with E-state index in [1.165, 1.54) is 5.39 Å². The van der Waals surface area contributed by atoms with Gasteiger partial charge < -0.3 is 19.5 Å². The van der Waals surface area contributed by atoms with Gasteiger partial charge in [-0.3, -0.25) is 0 Å². The number of ether oxygens (including phenoxy) is 1. The molecule has 2 aromatic carbocycles. The zero-order valence-electron chi connectivity index (χ0n) is 15.5. The minimum Gasteiger partial charge on any atom is -0.378 e. The zero-order chi connectivity index (χ0) is 18.4. The van der Waals surface area contributed by atoms with E-state index in [2.05, 4.69) is 52.2 Å². The third kappa shape index (κ3) is 2.91. The van der Waals surface area contributed by atoms with Crippen molar-refractivity contribution in [3.8, 4) is 0 Å². The summed E-state index contributed by atoms with van der Waals surface area (Å²) >= 11 is 0. The van der Waals surface area contributed by atoms with Crippen molar-refractivity contribution in [2.75, 3.05) is 44.8 Å². The fraction of sp³-hybridized carbons (Fsp3) is 0.364. The van der Waals surface area contributed by atoms with Crippen LogP contribution in [0.25, 0.3) is 10.9 Å². The number of benzene rings is 2. The van der Waals surface area contributed by atoms with Crippen LogP contribution in [0.15, 0.2) is 42.5 Å². The van der Waals surface area contributed by atoms with E-state index in [-0.39, 0.29) is 11.7 Å². The Kier molecular flexibility index (Phi) is 4.14. The summed E-state index contributed by atoms with van der Waals surface area (Å²) in [5.41, 5.74) is 4.93. The molecule has 2 aliphatic heterocycles. The lowest BCUT2D eigenvalue weighted by Gasteiger charge is -2.35. The topological polar surface area (TPSA) is 31.5 Å². The van der Waals surface area contributed by atoms with Crippen LogP contribution >= 0.6 is 0 Å². The van der Waals surface area contributed by atoms with Crippen LogP contribution in [-0.4, -0.2) is 49.8 Å². The van der Waals surface area contributed by atoms with Gasteiger partial charge in [0.15, 0.2) is 5.82 Å². The second kappa shape index (κ2) is 6.66. The highest BCUT2D eigenvalue weighted by atomic mass is 19.1. The van der Waals surface area contributed by atoms with Gasteiger partial charge in [0.25, 0.3) is 0 Å². The second-order valence-corrected chi connectivity index (χ2v) is 7.63. The fourth-order valence-electron chi connectivity index (χ4n) is 4.45. The maximum atomic E-state index is 15.5. The Bertz CT molecular complexity index is 944. The molecule has 4 nitrogen and oxygen atoms in total. The molecule has 27 heavy (non-hydrogen) atoms. The van der Waals surface area contributed by atoms with Crippen molar-refractivity contribution in [3.63, 3.8) is 0 Å². The Morgan fingerprint density at radius 1 is 1.11 bits per heavy atom. The predicted octanol–water partition coefficient (Wildman–Crippen LogP) is 3.72. The lowest BCUT2D eigenvalue weighted by molar-refractivity contribution is 0.122. The minimum absolute atomic E-state index is 0.0675. The molecule has 5 rings (SSSR count). The maximum absolute atomic E-state index is 15.5. The van der Waals surface area contributed by atoms with E-state index in [1.807, 2.05) is 12.1 Å². The Hall–Kier alpha value is -2.37. The van der Waals surface area contributed by atoms with Crippen LogP contribution in [0, 0.1) is 5.82 Å². The lowest BCUT2D eigenvalue weighted by atomic mass is 9.86. The van der Waals surface area contributed by atoms with Gasteiger partial charge >= 0.3 is 0 Å².